The molecule has 94 valence electrons. The molecule has 1 aromatic carbocycles. The fourth-order valence-electron chi connectivity index (χ4n) is 2.34. The number of thiol groups is 1. The normalized spacial score (nSPS) is 17.7. The Bertz CT molecular complexity index is 313. The van der Waals surface area contributed by atoms with Gasteiger partial charge in [-0.2, -0.15) is 12.6 Å². The van der Waals surface area contributed by atoms with Crippen molar-refractivity contribution in [1.82, 2.24) is 0 Å². The molecule has 1 fully saturated rings. The lowest BCUT2D eigenvalue weighted by molar-refractivity contribution is 0.00965. The summed E-state index contributed by atoms with van der Waals surface area (Å²) in [4.78, 5) is 0. The van der Waals surface area contributed by atoms with Crippen LogP contribution in [0.15, 0.2) is 30.3 Å². The molecule has 0 amide bonds. The van der Waals surface area contributed by atoms with E-state index in [0.717, 1.165) is 31.8 Å². The summed E-state index contributed by atoms with van der Waals surface area (Å²) in [7, 11) is 0. The maximum atomic E-state index is 5.80. The Labute approximate surface area is 110 Å². The molecule has 0 aliphatic heterocycles. The van der Waals surface area contributed by atoms with E-state index in [1.165, 1.54) is 24.8 Å². The van der Waals surface area contributed by atoms with Gasteiger partial charge in [0.25, 0.3) is 0 Å². The Hall–Kier alpha value is -0.470. The van der Waals surface area contributed by atoms with E-state index in [1.54, 1.807) is 0 Å². The van der Waals surface area contributed by atoms with Gasteiger partial charge < -0.3 is 4.74 Å². The SMILES string of the molecule is SCC1(COCCCc2ccccc2)CCC1. The molecular formula is C15H22OS. The van der Waals surface area contributed by atoms with Gasteiger partial charge in [-0.3, -0.25) is 0 Å². The van der Waals surface area contributed by atoms with Gasteiger partial charge >= 0.3 is 0 Å². The van der Waals surface area contributed by atoms with Crippen molar-refractivity contribution in [2.75, 3.05) is 19.0 Å². The van der Waals surface area contributed by atoms with E-state index in [9.17, 15) is 0 Å². The summed E-state index contributed by atoms with van der Waals surface area (Å²) >= 11 is 4.43. The van der Waals surface area contributed by atoms with Gasteiger partial charge in [0, 0.05) is 12.0 Å². The predicted molar refractivity (Wildman–Crippen MR) is 75.7 cm³/mol. The summed E-state index contributed by atoms with van der Waals surface area (Å²) in [6.45, 7) is 1.79. The third-order valence-electron chi connectivity index (χ3n) is 3.75. The second-order valence-corrected chi connectivity index (χ2v) is 5.47. The van der Waals surface area contributed by atoms with Crippen molar-refractivity contribution in [2.24, 2.45) is 5.41 Å². The first kappa shape index (κ1) is 13.0. The Morgan fingerprint density at radius 1 is 1.18 bits per heavy atom. The molecule has 0 bridgehead atoms. The fraction of sp³-hybridized carbons (Fsp3) is 0.600. The van der Waals surface area contributed by atoms with Gasteiger partial charge in [-0.05, 0) is 37.0 Å². The minimum atomic E-state index is 0.413. The van der Waals surface area contributed by atoms with Crippen molar-refractivity contribution in [2.45, 2.75) is 32.1 Å². The van der Waals surface area contributed by atoms with Gasteiger partial charge in [0.05, 0.1) is 6.61 Å². The van der Waals surface area contributed by atoms with Crippen LogP contribution >= 0.6 is 12.6 Å². The molecule has 1 aliphatic rings. The van der Waals surface area contributed by atoms with Crippen LogP contribution in [0.1, 0.15) is 31.2 Å². The lowest BCUT2D eigenvalue weighted by Gasteiger charge is -2.40. The van der Waals surface area contributed by atoms with Crippen molar-refractivity contribution in [3.63, 3.8) is 0 Å². The minimum absolute atomic E-state index is 0.413. The molecule has 0 saturated heterocycles. The van der Waals surface area contributed by atoms with Gasteiger partial charge in [0.1, 0.15) is 0 Å². The third-order valence-corrected chi connectivity index (χ3v) is 4.43. The first-order valence-electron chi connectivity index (χ1n) is 6.57. The zero-order valence-electron chi connectivity index (χ0n) is 10.4. The molecule has 2 heteroatoms. The highest BCUT2D eigenvalue weighted by atomic mass is 32.1. The predicted octanol–water partition coefficient (Wildman–Crippen LogP) is 3.74. The highest BCUT2D eigenvalue weighted by molar-refractivity contribution is 7.80. The topological polar surface area (TPSA) is 9.23 Å². The standard InChI is InChI=1S/C15H22OS/c17-13-15(9-5-10-15)12-16-11-4-8-14-6-2-1-3-7-14/h1-3,6-7,17H,4-5,8-13H2. The molecule has 1 aliphatic carbocycles. The van der Waals surface area contributed by atoms with Crippen LogP contribution in [0.4, 0.5) is 0 Å². The molecule has 1 saturated carbocycles. The molecular weight excluding hydrogens is 228 g/mol. The maximum absolute atomic E-state index is 5.80. The summed E-state index contributed by atoms with van der Waals surface area (Å²) < 4.78 is 5.80. The van der Waals surface area contributed by atoms with Crippen LogP contribution in [-0.4, -0.2) is 19.0 Å². The van der Waals surface area contributed by atoms with Crippen molar-refractivity contribution in [3.05, 3.63) is 35.9 Å². The maximum Gasteiger partial charge on any atom is 0.0530 e. The van der Waals surface area contributed by atoms with Gasteiger partial charge in [0.2, 0.25) is 0 Å². The Morgan fingerprint density at radius 3 is 2.53 bits per heavy atom. The van der Waals surface area contributed by atoms with Gasteiger partial charge in [-0.15, -0.1) is 0 Å². The smallest absolute Gasteiger partial charge is 0.0530 e. The number of hydrogen-bond donors (Lipinski definition) is 1. The largest absolute Gasteiger partial charge is 0.381 e. The van der Waals surface area contributed by atoms with E-state index in [4.69, 9.17) is 4.74 Å². The lowest BCUT2D eigenvalue weighted by atomic mass is 9.71. The summed E-state index contributed by atoms with van der Waals surface area (Å²) in [5.74, 6) is 0.978. The monoisotopic (exact) mass is 250 g/mol. The highest BCUT2D eigenvalue weighted by Crippen LogP contribution is 2.41. The van der Waals surface area contributed by atoms with E-state index >= 15 is 0 Å². The number of benzene rings is 1. The Morgan fingerprint density at radius 2 is 1.94 bits per heavy atom. The Kier molecular flexibility index (Phi) is 4.93. The minimum Gasteiger partial charge on any atom is -0.381 e. The molecule has 1 nitrogen and oxygen atoms in total. The first-order valence-corrected chi connectivity index (χ1v) is 7.20. The number of rotatable bonds is 7. The van der Waals surface area contributed by atoms with E-state index in [-0.39, 0.29) is 0 Å². The van der Waals surface area contributed by atoms with Crippen LogP contribution in [-0.2, 0) is 11.2 Å². The molecule has 17 heavy (non-hydrogen) atoms. The quantitative estimate of drug-likeness (QED) is 0.573. The van der Waals surface area contributed by atoms with Crippen LogP contribution < -0.4 is 0 Å². The molecule has 2 rings (SSSR count). The molecule has 0 unspecified atom stereocenters. The zero-order valence-corrected chi connectivity index (χ0v) is 11.3. The van der Waals surface area contributed by atoms with Crippen molar-refractivity contribution < 1.29 is 4.74 Å². The van der Waals surface area contributed by atoms with Crippen molar-refractivity contribution in [1.29, 1.82) is 0 Å². The third kappa shape index (κ3) is 3.75. The van der Waals surface area contributed by atoms with Crippen LogP contribution in [0.3, 0.4) is 0 Å². The van der Waals surface area contributed by atoms with Gasteiger partial charge in [-0.1, -0.05) is 36.8 Å². The summed E-state index contributed by atoms with van der Waals surface area (Å²) in [5, 5.41) is 0. The first-order chi connectivity index (χ1) is 8.35. The molecule has 0 N–H and O–H groups in total. The summed E-state index contributed by atoms with van der Waals surface area (Å²) in [5.41, 5.74) is 1.82. The van der Waals surface area contributed by atoms with Crippen LogP contribution in [0, 0.1) is 5.41 Å². The number of hydrogen-bond acceptors (Lipinski definition) is 2. The fourth-order valence-corrected chi connectivity index (χ4v) is 2.74. The van der Waals surface area contributed by atoms with Gasteiger partial charge in [0.15, 0.2) is 0 Å². The van der Waals surface area contributed by atoms with E-state index in [2.05, 4.69) is 43.0 Å². The number of ether oxygens (including phenoxy) is 1. The molecule has 0 radical (unpaired) electrons. The average Bonchev–Trinajstić information content (AvgIpc) is 2.33. The molecule has 0 atom stereocenters. The molecule has 0 spiro atoms. The van der Waals surface area contributed by atoms with Crippen molar-refractivity contribution in [3.8, 4) is 0 Å². The molecule has 0 heterocycles. The van der Waals surface area contributed by atoms with Crippen molar-refractivity contribution >= 4 is 12.6 Å². The second kappa shape index (κ2) is 6.46. The zero-order chi connectivity index (χ0) is 12.0. The highest BCUT2D eigenvalue weighted by Gasteiger charge is 2.35. The number of aryl methyl sites for hydroxylation is 1. The van der Waals surface area contributed by atoms with Crippen LogP contribution in [0.5, 0.6) is 0 Å². The average molecular weight is 250 g/mol. The lowest BCUT2D eigenvalue weighted by Crippen LogP contribution is -2.36. The molecule has 0 aromatic heterocycles. The summed E-state index contributed by atoms with van der Waals surface area (Å²) in [6, 6.07) is 10.6. The van der Waals surface area contributed by atoms with Gasteiger partial charge in [-0.25, -0.2) is 0 Å². The molecule has 1 aromatic rings. The van der Waals surface area contributed by atoms with Crippen LogP contribution in [0.2, 0.25) is 0 Å². The second-order valence-electron chi connectivity index (χ2n) is 5.15. The van der Waals surface area contributed by atoms with E-state index < -0.39 is 0 Å². The Balaban J connectivity index is 1.58. The van der Waals surface area contributed by atoms with E-state index in [0.29, 0.717) is 5.41 Å². The van der Waals surface area contributed by atoms with Crippen LogP contribution in [0.25, 0.3) is 0 Å². The summed E-state index contributed by atoms with van der Waals surface area (Å²) in [6.07, 6.45) is 6.19. The van der Waals surface area contributed by atoms with E-state index in [1.807, 2.05) is 0 Å².